The van der Waals surface area contributed by atoms with Crippen LogP contribution in [-0.2, 0) is 11.2 Å². The first kappa shape index (κ1) is 14.3. The van der Waals surface area contributed by atoms with E-state index in [9.17, 15) is 4.79 Å². The molecular formula is C12H14N8OS. The second-order valence-electron chi connectivity index (χ2n) is 4.56. The number of aromatic amines is 1. The van der Waals surface area contributed by atoms with Crippen LogP contribution in [-0.4, -0.2) is 49.6 Å². The highest BCUT2D eigenvalue weighted by Crippen LogP contribution is 2.19. The Morgan fingerprint density at radius 1 is 1.36 bits per heavy atom. The van der Waals surface area contributed by atoms with E-state index in [0.717, 1.165) is 11.4 Å². The number of nitrogens with zero attached hydrogens (tertiary/aromatic N) is 6. The van der Waals surface area contributed by atoms with Gasteiger partial charge in [0.25, 0.3) is 0 Å². The predicted molar refractivity (Wildman–Crippen MR) is 82.9 cm³/mol. The predicted octanol–water partition coefficient (Wildman–Crippen LogP) is 0.842. The number of nitrogens with one attached hydrogen (secondary N) is 2. The average Bonchev–Trinajstić information content (AvgIpc) is 3.14. The molecule has 3 rings (SSSR count). The van der Waals surface area contributed by atoms with Crippen LogP contribution in [0.15, 0.2) is 12.7 Å². The molecule has 0 saturated carbocycles. The summed E-state index contributed by atoms with van der Waals surface area (Å²) in [6.45, 7) is 2.12. The van der Waals surface area contributed by atoms with Gasteiger partial charge in [-0.15, -0.1) is 10.2 Å². The number of H-pyrrole nitrogens is 1. The van der Waals surface area contributed by atoms with Crippen LogP contribution in [0.3, 0.4) is 0 Å². The summed E-state index contributed by atoms with van der Waals surface area (Å²) in [4.78, 5) is 29.1. The molecule has 0 aliphatic heterocycles. The molecule has 22 heavy (non-hydrogen) atoms. The molecule has 3 heterocycles. The van der Waals surface area contributed by atoms with Crippen molar-refractivity contribution in [1.29, 1.82) is 0 Å². The molecule has 2 N–H and O–H groups in total. The standard InChI is InChI=1S/C12H14N8OS/c1-3-8-18-19-12(22-8)17-7(21)4-20(2)11-9-10(14-5-13-9)15-6-16-11/h5-6H,3-4H2,1-2H3,(H,17,19,21)(H,13,14,15,16). The van der Waals surface area contributed by atoms with E-state index in [1.807, 2.05) is 6.92 Å². The first-order chi connectivity index (χ1) is 10.7. The van der Waals surface area contributed by atoms with Crippen molar-refractivity contribution in [2.24, 2.45) is 0 Å². The van der Waals surface area contributed by atoms with E-state index < -0.39 is 0 Å². The highest BCUT2D eigenvalue weighted by atomic mass is 32.1. The number of fused-ring (bicyclic) bond motifs is 1. The number of amides is 1. The zero-order valence-electron chi connectivity index (χ0n) is 12.1. The first-order valence-electron chi connectivity index (χ1n) is 6.64. The van der Waals surface area contributed by atoms with E-state index in [1.165, 1.54) is 17.7 Å². The van der Waals surface area contributed by atoms with Crippen LogP contribution in [0.5, 0.6) is 0 Å². The smallest absolute Gasteiger partial charge is 0.245 e. The molecule has 0 saturated heterocycles. The average molecular weight is 318 g/mol. The van der Waals surface area contributed by atoms with Crippen LogP contribution in [0.2, 0.25) is 0 Å². The van der Waals surface area contributed by atoms with Crippen molar-refractivity contribution in [3.8, 4) is 0 Å². The van der Waals surface area contributed by atoms with Crippen LogP contribution in [0.4, 0.5) is 10.9 Å². The number of rotatable bonds is 5. The zero-order valence-corrected chi connectivity index (χ0v) is 12.9. The molecule has 114 valence electrons. The van der Waals surface area contributed by atoms with Gasteiger partial charge in [-0.3, -0.25) is 10.1 Å². The summed E-state index contributed by atoms with van der Waals surface area (Å²) in [6.07, 6.45) is 3.77. The lowest BCUT2D eigenvalue weighted by atomic mass is 10.4. The number of hydrogen-bond acceptors (Lipinski definition) is 8. The molecule has 0 unspecified atom stereocenters. The summed E-state index contributed by atoms with van der Waals surface area (Å²) in [7, 11) is 1.78. The normalized spacial score (nSPS) is 10.8. The topological polar surface area (TPSA) is 113 Å². The van der Waals surface area contributed by atoms with Gasteiger partial charge in [0.05, 0.1) is 12.9 Å². The van der Waals surface area contributed by atoms with Gasteiger partial charge in [0.1, 0.15) is 16.9 Å². The lowest BCUT2D eigenvalue weighted by Gasteiger charge is -2.17. The molecule has 0 aromatic carbocycles. The third-order valence-electron chi connectivity index (χ3n) is 2.96. The molecule has 0 aliphatic carbocycles. The summed E-state index contributed by atoms with van der Waals surface area (Å²) >= 11 is 1.37. The second kappa shape index (κ2) is 6.02. The van der Waals surface area contributed by atoms with E-state index in [2.05, 4.69) is 35.5 Å². The van der Waals surface area contributed by atoms with Gasteiger partial charge in [0.2, 0.25) is 11.0 Å². The van der Waals surface area contributed by atoms with Crippen molar-refractivity contribution in [2.45, 2.75) is 13.3 Å². The maximum absolute atomic E-state index is 12.1. The zero-order chi connectivity index (χ0) is 15.5. The Morgan fingerprint density at radius 3 is 3.00 bits per heavy atom. The maximum atomic E-state index is 12.1. The number of carbonyl (C=O) groups is 1. The molecule has 0 aliphatic rings. The van der Waals surface area contributed by atoms with E-state index in [0.29, 0.717) is 22.1 Å². The molecule has 10 heteroatoms. The molecule has 0 bridgehead atoms. The SMILES string of the molecule is CCc1nnc(NC(=O)CN(C)c2ncnc3nc[nH]c23)s1. The minimum atomic E-state index is -0.187. The van der Waals surface area contributed by atoms with Gasteiger partial charge in [0, 0.05) is 7.05 Å². The molecule has 3 aromatic rings. The third-order valence-corrected chi connectivity index (χ3v) is 3.94. The van der Waals surface area contributed by atoms with Crippen molar-refractivity contribution in [1.82, 2.24) is 30.1 Å². The van der Waals surface area contributed by atoms with Crippen LogP contribution >= 0.6 is 11.3 Å². The molecule has 0 radical (unpaired) electrons. The van der Waals surface area contributed by atoms with Crippen molar-refractivity contribution < 1.29 is 4.79 Å². The summed E-state index contributed by atoms with van der Waals surface area (Å²) in [5.41, 5.74) is 1.26. The quantitative estimate of drug-likeness (QED) is 0.716. The Bertz CT molecular complexity index is 797. The molecule has 3 aromatic heterocycles. The van der Waals surface area contributed by atoms with E-state index in [-0.39, 0.29) is 12.5 Å². The molecule has 1 amide bonds. The van der Waals surface area contributed by atoms with Crippen molar-refractivity contribution in [2.75, 3.05) is 23.8 Å². The lowest BCUT2D eigenvalue weighted by molar-refractivity contribution is -0.114. The van der Waals surface area contributed by atoms with Gasteiger partial charge in [-0.2, -0.15) is 0 Å². The van der Waals surface area contributed by atoms with Crippen LogP contribution in [0.25, 0.3) is 11.2 Å². The minimum Gasteiger partial charge on any atom is -0.348 e. The number of carbonyl (C=O) groups excluding carboxylic acids is 1. The monoisotopic (exact) mass is 318 g/mol. The van der Waals surface area contributed by atoms with Gasteiger partial charge in [-0.05, 0) is 6.42 Å². The van der Waals surface area contributed by atoms with Crippen LogP contribution in [0.1, 0.15) is 11.9 Å². The Kier molecular flexibility index (Phi) is 3.92. The highest BCUT2D eigenvalue weighted by molar-refractivity contribution is 7.15. The summed E-state index contributed by atoms with van der Waals surface area (Å²) in [5.74, 6) is 0.428. The number of aryl methyl sites for hydroxylation is 1. The van der Waals surface area contributed by atoms with Gasteiger partial charge >= 0.3 is 0 Å². The summed E-state index contributed by atoms with van der Waals surface area (Å²) in [6, 6.07) is 0. The van der Waals surface area contributed by atoms with E-state index >= 15 is 0 Å². The minimum absolute atomic E-state index is 0.131. The van der Waals surface area contributed by atoms with Gasteiger partial charge < -0.3 is 9.88 Å². The Morgan fingerprint density at radius 2 is 2.23 bits per heavy atom. The number of likely N-dealkylation sites (N-methyl/N-ethyl adjacent to an activating group) is 1. The van der Waals surface area contributed by atoms with Crippen LogP contribution < -0.4 is 10.2 Å². The molecule has 9 nitrogen and oxygen atoms in total. The first-order valence-corrected chi connectivity index (χ1v) is 7.46. The Labute approximate surface area is 129 Å². The van der Waals surface area contributed by atoms with Gasteiger partial charge in [0.15, 0.2) is 11.5 Å². The molecule has 0 fully saturated rings. The fourth-order valence-electron chi connectivity index (χ4n) is 1.94. The van der Waals surface area contributed by atoms with Crippen molar-refractivity contribution in [3.05, 3.63) is 17.7 Å². The van der Waals surface area contributed by atoms with Gasteiger partial charge in [-0.25, -0.2) is 15.0 Å². The lowest BCUT2D eigenvalue weighted by Crippen LogP contribution is -2.30. The maximum Gasteiger partial charge on any atom is 0.245 e. The Hall–Kier alpha value is -2.62. The van der Waals surface area contributed by atoms with Crippen molar-refractivity contribution >= 4 is 39.4 Å². The highest BCUT2D eigenvalue weighted by Gasteiger charge is 2.14. The number of imidazole rings is 1. The fourth-order valence-corrected chi connectivity index (χ4v) is 2.63. The number of hydrogen-bond donors (Lipinski definition) is 2. The fraction of sp³-hybridized carbons (Fsp3) is 0.333. The number of anilines is 2. The van der Waals surface area contributed by atoms with Crippen LogP contribution in [0, 0.1) is 0 Å². The molecule has 0 atom stereocenters. The van der Waals surface area contributed by atoms with Gasteiger partial charge in [-0.1, -0.05) is 18.3 Å². The third kappa shape index (κ3) is 2.86. The largest absolute Gasteiger partial charge is 0.348 e. The van der Waals surface area contributed by atoms with E-state index in [1.54, 1.807) is 18.3 Å². The number of aromatic nitrogens is 6. The summed E-state index contributed by atoms with van der Waals surface area (Å²) < 4.78 is 0. The molecule has 0 spiro atoms. The summed E-state index contributed by atoms with van der Waals surface area (Å²) in [5, 5.41) is 12.0. The second-order valence-corrected chi connectivity index (χ2v) is 5.62. The molecular weight excluding hydrogens is 304 g/mol. The van der Waals surface area contributed by atoms with Crippen molar-refractivity contribution in [3.63, 3.8) is 0 Å². The van der Waals surface area contributed by atoms with E-state index in [4.69, 9.17) is 0 Å². The Balaban J connectivity index is 1.69.